The molecule has 3 heterocycles. The van der Waals surface area contributed by atoms with Gasteiger partial charge >= 0.3 is 5.97 Å². The van der Waals surface area contributed by atoms with Crippen molar-refractivity contribution in [2.24, 2.45) is 5.92 Å². The van der Waals surface area contributed by atoms with Crippen LogP contribution in [0, 0.1) is 19.8 Å². The second kappa shape index (κ2) is 5.50. The van der Waals surface area contributed by atoms with Crippen molar-refractivity contribution in [3.8, 4) is 0 Å². The molecule has 0 bridgehead atoms. The van der Waals surface area contributed by atoms with Crippen molar-refractivity contribution in [2.75, 3.05) is 18.6 Å². The van der Waals surface area contributed by atoms with E-state index in [0.29, 0.717) is 16.8 Å². The zero-order valence-electron chi connectivity index (χ0n) is 13.6. The summed E-state index contributed by atoms with van der Waals surface area (Å²) < 4.78 is 4.89. The van der Waals surface area contributed by atoms with Crippen LogP contribution < -0.4 is 4.90 Å². The first kappa shape index (κ1) is 15.2. The summed E-state index contributed by atoms with van der Waals surface area (Å²) in [5.74, 6) is 2.05. The summed E-state index contributed by atoms with van der Waals surface area (Å²) in [6, 6.07) is 0.443. The van der Waals surface area contributed by atoms with Crippen LogP contribution in [-0.4, -0.2) is 35.6 Å². The monoisotopic (exact) mass is 319 g/mol. The first-order chi connectivity index (χ1) is 10.4. The van der Waals surface area contributed by atoms with Crippen molar-refractivity contribution in [3.63, 3.8) is 0 Å². The van der Waals surface area contributed by atoms with E-state index in [1.165, 1.54) is 24.9 Å². The third-order valence-electron chi connectivity index (χ3n) is 4.67. The summed E-state index contributed by atoms with van der Waals surface area (Å²) in [5, 5.41) is 0.997. The van der Waals surface area contributed by atoms with Gasteiger partial charge in [-0.05, 0) is 38.7 Å². The quantitative estimate of drug-likeness (QED) is 0.795. The topological polar surface area (TPSA) is 55.3 Å². The Kier molecular flexibility index (Phi) is 3.80. The van der Waals surface area contributed by atoms with E-state index >= 15 is 0 Å². The van der Waals surface area contributed by atoms with Gasteiger partial charge in [0.25, 0.3) is 0 Å². The number of hydrogen-bond acceptors (Lipinski definition) is 6. The highest BCUT2D eigenvalue weighted by Gasteiger charge is 2.31. The number of esters is 1. The van der Waals surface area contributed by atoms with Crippen LogP contribution >= 0.6 is 11.3 Å². The summed E-state index contributed by atoms with van der Waals surface area (Å²) in [6.45, 7) is 9.37. The summed E-state index contributed by atoms with van der Waals surface area (Å²) >= 11 is 1.39. The summed E-state index contributed by atoms with van der Waals surface area (Å²) in [6.07, 6.45) is 1.17. The van der Waals surface area contributed by atoms with Crippen LogP contribution in [0.25, 0.3) is 10.2 Å². The second-order valence-electron chi connectivity index (χ2n) is 6.02. The van der Waals surface area contributed by atoms with Crippen LogP contribution in [0.2, 0.25) is 0 Å². The van der Waals surface area contributed by atoms with Gasteiger partial charge in [-0.25, -0.2) is 14.8 Å². The van der Waals surface area contributed by atoms with Gasteiger partial charge in [-0.15, -0.1) is 11.3 Å². The van der Waals surface area contributed by atoms with Crippen LogP contribution in [0.3, 0.4) is 0 Å². The molecule has 0 spiro atoms. The van der Waals surface area contributed by atoms with Crippen LogP contribution in [0.15, 0.2) is 0 Å². The fourth-order valence-corrected chi connectivity index (χ4v) is 4.25. The lowest BCUT2D eigenvalue weighted by Gasteiger charge is -2.25. The standard InChI is InChI=1S/C16H21N3O2S/c1-8-6-7-19(10(8)3)14-12-9(2)13(16(20)21-5)22-15(12)18-11(4)17-14/h8,10H,6-7H2,1-5H3. The molecule has 1 aliphatic rings. The number of aryl methyl sites for hydroxylation is 2. The lowest BCUT2D eigenvalue weighted by atomic mass is 10.1. The highest BCUT2D eigenvalue weighted by Crippen LogP contribution is 2.39. The number of carbonyl (C=O) groups excluding carboxylic acids is 1. The van der Waals surface area contributed by atoms with Crippen LogP contribution in [0.5, 0.6) is 0 Å². The molecule has 1 saturated heterocycles. The minimum atomic E-state index is -0.299. The maximum absolute atomic E-state index is 12.0. The molecule has 0 radical (unpaired) electrons. The van der Waals surface area contributed by atoms with Crippen molar-refractivity contribution < 1.29 is 9.53 Å². The van der Waals surface area contributed by atoms with Gasteiger partial charge in [0.15, 0.2) is 0 Å². The van der Waals surface area contributed by atoms with Gasteiger partial charge in [-0.3, -0.25) is 0 Å². The van der Waals surface area contributed by atoms with E-state index in [2.05, 4.69) is 23.7 Å². The Morgan fingerprint density at radius 1 is 1.32 bits per heavy atom. The molecule has 2 atom stereocenters. The van der Waals surface area contributed by atoms with Crippen LogP contribution in [0.1, 0.15) is 41.3 Å². The number of fused-ring (bicyclic) bond motifs is 1. The van der Waals surface area contributed by atoms with E-state index in [4.69, 9.17) is 9.72 Å². The highest BCUT2D eigenvalue weighted by molar-refractivity contribution is 7.20. The predicted molar refractivity (Wildman–Crippen MR) is 88.8 cm³/mol. The zero-order chi connectivity index (χ0) is 16.0. The molecule has 1 fully saturated rings. The minimum absolute atomic E-state index is 0.299. The Hall–Kier alpha value is -1.69. The van der Waals surface area contributed by atoms with Gasteiger partial charge in [0.1, 0.15) is 21.3 Å². The fraction of sp³-hybridized carbons (Fsp3) is 0.562. The molecule has 0 saturated carbocycles. The fourth-order valence-electron chi connectivity index (χ4n) is 3.11. The van der Waals surface area contributed by atoms with E-state index in [1.807, 2.05) is 13.8 Å². The molecule has 22 heavy (non-hydrogen) atoms. The molecule has 2 unspecified atom stereocenters. The number of thiophene rings is 1. The van der Waals surface area contributed by atoms with Gasteiger partial charge in [-0.1, -0.05) is 6.92 Å². The number of rotatable bonds is 2. The van der Waals surface area contributed by atoms with Gasteiger partial charge in [0.05, 0.1) is 12.5 Å². The molecule has 5 nitrogen and oxygen atoms in total. The van der Waals surface area contributed by atoms with E-state index in [0.717, 1.165) is 34.0 Å². The molecule has 3 rings (SSSR count). The molecular formula is C16H21N3O2S. The first-order valence-electron chi connectivity index (χ1n) is 7.56. The number of methoxy groups -OCH3 is 1. The Morgan fingerprint density at radius 2 is 2.05 bits per heavy atom. The van der Waals surface area contributed by atoms with Crippen molar-refractivity contribution in [3.05, 3.63) is 16.3 Å². The molecule has 0 aromatic carbocycles. The molecular weight excluding hydrogens is 298 g/mol. The van der Waals surface area contributed by atoms with Crippen molar-refractivity contribution in [1.29, 1.82) is 0 Å². The molecule has 0 aliphatic carbocycles. The average molecular weight is 319 g/mol. The molecule has 118 valence electrons. The number of aromatic nitrogens is 2. The minimum Gasteiger partial charge on any atom is -0.465 e. The van der Waals surface area contributed by atoms with Crippen molar-refractivity contribution >= 4 is 33.3 Å². The van der Waals surface area contributed by atoms with Crippen LogP contribution in [-0.2, 0) is 4.74 Å². The summed E-state index contributed by atoms with van der Waals surface area (Å²) in [4.78, 5) is 25.0. The second-order valence-corrected chi connectivity index (χ2v) is 7.02. The number of carbonyl (C=O) groups is 1. The highest BCUT2D eigenvalue weighted by atomic mass is 32.1. The van der Waals surface area contributed by atoms with Crippen LogP contribution in [0.4, 0.5) is 5.82 Å². The Labute approximate surface area is 134 Å². The summed E-state index contributed by atoms with van der Waals surface area (Å²) in [7, 11) is 1.41. The smallest absolute Gasteiger partial charge is 0.348 e. The number of nitrogens with zero attached hydrogens (tertiary/aromatic N) is 3. The van der Waals surface area contributed by atoms with E-state index < -0.39 is 0 Å². The van der Waals surface area contributed by atoms with E-state index in [1.54, 1.807) is 0 Å². The summed E-state index contributed by atoms with van der Waals surface area (Å²) in [5.41, 5.74) is 0.925. The maximum Gasteiger partial charge on any atom is 0.348 e. The zero-order valence-corrected chi connectivity index (χ0v) is 14.5. The SMILES string of the molecule is COC(=O)c1sc2nc(C)nc(N3CCC(C)C3C)c2c1C. The largest absolute Gasteiger partial charge is 0.465 e. The van der Waals surface area contributed by atoms with Gasteiger partial charge in [0, 0.05) is 12.6 Å². The van der Waals surface area contributed by atoms with E-state index in [9.17, 15) is 4.79 Å². The predicted octanol–water partition coefficient (Wildman–Crippen LogP) is 3.33. The van der Waals surface area contributed by atoms with Crippen molar-refractivity contribution in [2.45, 2.75) is 40.2 Å². The molecule has 2 aromatic rings. The van der Waals surface area contributed by atoms with E-state index in [-0.39, 0.29) is 5.97 Å². The molecule has 6 heteroatoms. The number of ether oxygens (including phenoxy) is 1. The average Bonchev–Trinajstić information content (AvgIpc) is 2.99. The molecule has 0 N–H and O–H groups in total. The third kappa shape index (κ3) is 2.26. The van der Waals surface area contributed by atoms with Gasteiger partial charge in [-0.2, -0.15) is 0 Å². The normalized spacial score (nSPS) is 21.6. The van der Waals surface area contributed by atoms with Gasteiger partial charge in [0.2, 0.25) is 0 Å². The lowest BCUT2D eigenvalue weighted by molar-refractivity contribution is 0.0605. The third-order valence-corrected chi connectivity index (χ3v) is 5.83. The number of anilines is 1. The first-order valence-corrected chi connectivity index (χ1v) is 8.38. The van der Waals surface area contributed by atoms with Crippen molar-refractivity contribution in [1.82, 2.24) is 9.97 Å². The Bertz CT molecular complexity index is 741. The molecule has 2 aromatic heterocycles. The number of hydrogen-bond donors (Lipinski definition) is 0. The lowest BCUT2D eigenvalue weighted by Crippen LogP contribution is -2.30. The maximum atomic E-state index is 12.0. The van der Waals surface area contributed by atoms with Gasteiger partial charge < -0.3 is 9.64 Å². The molecule has 0 amide bonds. The molecule has 1 aliphatic heterocycles. The Morgan fingerprint density at radius 3 is 2.64 bits per heavy atom. The Balaban J connectivity index is 2.21.